The van der Waals surface area contributed by atoms with E-state index in [2.05, 4.69) is 19.2 Å². The number of methoxy groups -OCH3 is 1. The molecular weight excluding hydrogens is 186 g/mol. The summed E-state index contributed by atoms with van der Waals surface area (Å²) in [7, 11) is 1.82. The summed E-state index contributed by atoms with van der Waals surface area (Å²) in [4.78, 5) is 0. The highest BCUT2D eigenvalue weighted by molar-refractivity contribution is 4.91. The van der Waals surface area contributed by atoms with Gasteiger partial charge in [0.2, 0.25) is 0 Å². The van der Waals surface area contributed by atoms with Crippen molar-refractivity contribution in [2.75, 3.05) is 7.11 Å². The molecular formula is C13H25NO. The van der Waals surface area contributed by atoms with Gasteiger partial charge in [0.05, 0.1) is 6.10 Å². The maximum atomic E-state index is 5.31. The third-order valence-electron chi connectivity index (χ3n) is 4.10. The Kier molecular flexibility index (Phi) is 3.36. The first-order valence-corrected chi connectivity index (χ1v) is 6.38. The van der Waals surface area contributed by atoms with Gasteiger partial charge in [-0.1, -0.05) is 20.3 Å². The van der Waals surface area contributed by atoms with Crippen LogP contribution < -0.4 is 5.32 Å². The SMILES string of the molecule is COC1CC(NC2CCCC(C)(C)C2)C1. The van der Waals surface area contributed by atoms with E-state index in [1.807, 2.05) is 7.11 Å². The number of ether oxygens (including phenoxy) is 1. The minimum absolute atomic E-state index is 0.527. The third-order valence-corrected chi connectivity index (χ3v) is 4.10. The molecule has 0 aromatic carbocycles. The average molecular weight is 211 g/mol. The Morgan fingerprint density at radius 1 is 1.20 bits per heavy atom. The molecule has 2 aliphatic carbocycles. The fourth-order valence-corrected chi connectivity index (χ4v) is 3.07. The van der Waals surface area contributed by atoms with Gasteiger partial charge in [0, 0.05) is 19.2 Å². The molecule has 88 valence electrons. The lowest BCUT2D eigenvalue weighted by Crippen LogP contribution is -2.51. The summed E-state index contributed by atoms with van der Waals surface area (Å²) in [5.41, 5.74) is 0.556. The lowest BCUT2D eigenvalue weighted by atomic mass is 9.74. The summed E-state index contributed by atoms with van der Waals surface area (Å²) in [5, 5.41) is 3.80. The Bertz CT molecular complexity index is 209. The van der Waals surface area contributed by atoms with Crippen LogP contribution in [0.1, 0.15) is 52.4 Å². The zero-order valence-corrected chi connectivity index (χ0v) is 10.4. The van der Waals surface area contributed by atoms with Crippen LogP contribution in [-0.4, -0.2) is 25.3 Å². The molecule has 2 rings (SSSR count). The smallest absolute Gasteiger partial charge is 0.0601 e. The number of rotatable bonds is 3. The van der Waals surface area contributed by atoms with Gasteiger partial charge in [0.25, 0.3) is 0 Å². The normalized spacial score (nSPS) is 39.8. The maximum Gasteiger partial charge on any atom is 0.0601 e. The van der Waals surface area contributed by atoms with E-state index < -0.39 is 0 Å². The van der Waals surface area contributed by atoms with Crippen LogP contribution in [-0.2, 0) is 4.74 Å². The van der Waals surface area contributed by atoms with Crippen molar-refractivity contribution in [2.24, 2.45) is 5.41 Å². The molecule has 1 atom stereocenters. The van der Waals surface area contributed by atoms with Crippen LogP contribution in [0.5, 0.6) is 0 Å². The van der Waals surface area contributed by atoms with Gasteiger partial charge in [0.1, 0.15) is 0 Å². The van der Waals surface area contributed by atoms with Gasteiger partial charge in [-0.2, -0.15) is 0 Å². The molecule has 0 aliphatic heterocycles. The van der Waals surface area contributed by atoms with E-state index in [4.69, 9.17) is 4.74 Å². The second-order valence-electron chi connectivity index (χ2n) is 6.15. The van der Waals surface area contributed by atoms with Gasteiger partial charge in [-0.05, 0) is 37.5 Å². The number of hydrogen-bond acceptors (Lipinski definition) is 2. The van der Waals surface area contributed by atoms with E-state index in [1.54, 1.807) is 0 Å². The molecule has 2 saturated carbocycles. The quantitative estimate of drug-likeness (QED) is 0.775. The molecule has 0 aromatic heterocycles. The summed E-state index contributed by atoms with van der Waals surface area (Å²) in [6, 6.07) is 1.49. The summed E-state index contributed by atoms with van der Waals surface area (Å²) in [5.74, 6) is 0. The van der Waals surface area contributed by atoms with Crippen molar-refractivity contribution in [3.63, 3.8) is 0 Å². The standard InChI is InChI=1S/C13H25NO/c1-13(2)6-4-5-10(9-13)14-11-7-12(8-11)15-3/h10-12,14H,4-9H2,1-3H3. The van der Waals surface area contributed by atoms with Crippen LogP contribution >= 0.6 is 0 Å². The van der Waals surface area contributed by atoms with Gasteiger partial charge in [-0.15, -0.1) is 0 Å². The molecule has 1 N–H and O–H groups in total. The fourth-order valence-electron chi connectivity index (χ4n) is 3.07. The van der Waals surface area contributed by atoms with Crippen LogP contribution in [0.4, 0.5) is 0 Å². The molecule has 0 bridgehead atoms. The zero-order valence-electron chi connectivity index (χ0n) is 10.4. The Morgan fingerprint density at radius 3 is 2.53 bits per heavy atom. The van der Waals surface area contributed by atoms with Crippen LogP contribution in [0.15, 0.2) is 0 Å². The first kappa shape index (κ1) is 11.4. The second kappa shape index (κ2) is 4.42. The maximum absolute atomic E-state index is 5.31. The lowest BCUT2D eigenvalue weighted by molar-refractivity contribution is 0.0102. The monoisotopic (exact) mass is 211 g/mol. The minimum atomic E-state index is 0.527. The zero-order chi connectivity index (χ0) is 10.9. The highest BCUT2D eigenvalue weighted by atomic mass is 16.5. The van der Waals surface area contributed by atoms with E-state index in [1.165, 1.54) is 38.5 Å². The Labute approximate surface area is 93.8 Å². The van der Waals surface area contributed by atoms with Crippen LogP contribution in [0.25, 0.3) is 0 Å². The average Bonchev–Trinajstić information content (AvgIpc) is 2.09. The highest BCUT2D eigenvalue weighted by Crippen LogP contribution is 2.36. The predicted molar refractivity (Wildman–Crippen MR) is 63.0 cm³/mol. The third kappa shape index (κ3) is 2.94. The number of nitrogens with one attached hydrogen (secondary N) is 1. The molecule has 0 saturated heterocycles. The highest BCUT2D eigenvalue weighted by Gasteiger charge is 2.33. The molecule has 2 nitrogen and oxygen atoms in total. The Morgan fingerprint density at radius 2 is 1.93 bits per heavy atom. The van der Waals surface area contributed by atoms with Crippen LogP contribution in [0, 0.1) is 5.41 Å². The van der Waals surface area contributed by atoms with Crippen LogP contribution in [0.3, 0.4) is 0 Å². The molecule has 1 unspecified atom stereocenters. The molecule has 2 heteroatoms. The van der Waals surface area contributed by atoms with Crippen molar-refractivity contribution in [3.05, 3.63) is 0 Å². The van der Waals surface area contributed by atoms with Gasteiger partial charge in [-0.3, -0.25) is 0 Å². The minimum Gasteiger partial charge on any atom is -0.381 e. The van der Waals surface area contributed by atoms with Crippen molar-refractivity contribution >= 4 is 0 Å². The van der Waals surface area contributed by atoms with Crippen molar-refractivity contribution in [3.8, 4) is 0 Å². The Balaban J connectivity index is 1.71. The summed E-state index contributed by atoms with van der Waals surface area (Å²) >= 11 is 0. The van der Waals surface area contributed by atoms with E-state index in [-0.39, 0.29) is 0 Å². The Hall–Kier alpha value is -0.0800. The van der Waals surface area contributed by atoms with Crippen LogP contribution in [0.2, 0.25) is 0 Å². The molecule has 0 spiro atoms. The molecule has 0 heterocycles. The largest absolute Gasteiger partial charge is 0.381 e. The lowest BCUT2D eigenvalue weighted by Gasteiger charge is -2.42. The van der Waals surface area contributed by atoms with E-state index in [0.29, 0.717) is 11.5 Å². The summed E-state index contributed by atoms with van der Waals surface area (Å²) < 4.78 is 5.31. The van der Waals surface area contributed by atoms with Crippen molar-refractivity contribution in [2.45, 2.75) is 70.6 Å². The topological polar surface area (TPSA) is 21.3 Å². The number of hydrogen-bond donors (Lipinski definition) is 1. The molecule has 15 heavy (non-hydrogen) atoms. The molecule has 0 aromatic rings. The molecule has 2 aliphatic rings. The fraction of sp³-hybridized carbons (Fsp3) is 1.00. The van der Waals surface area contributed by atoms with Crippen molar-refractivity contribution in [1.29, 1.82) is 0 Å². The molecule has 0 amide bonds. The van der Waals surface area contributed by atoms with Gasteiger partial charge < -0.3 is 10.1 Å². The van der Waals surface area contributed by atoms with E-state index in [0.717, 1.165) is 12.1 Å². The van der Waals surface area contributed by atoms with Gasteiger partial charge in [-0.25, -0.2) is 0 Å². The molecule has 2 fully saturated rings. The summed E-state index contributed by atoms with van der Waals surface area (Å²) in [6.07, 6.45) is 8.47. The second-order valence-corrected chi connectivity index (χ2v) is 6.15. The van der Waals surface area contributed by atoms with E-state index in [9.17, 15) is 0 Å². The van der Waals surface area contributed by atoms with E-state index >= 15 is 0 Å². The van der Waals surface area contributed by atoms with Gasteiger partial charge in [0.15, 0.2) is 0 Å². The predicted octanol–water partition coefficient (Wildman–Crippen LogP) is 2.72. The van der Waals surface area contributed by atoms with Crippen molar-refractivity contribution < 1.29 is 4.74 Å². The summed E-state index contributed by atoms with van der Waals surface area (Å²) in [6.45, 7) is 4.80. The van der Waals surface area contributed by atoms with Gasteiger partial charge >= 0.3 is 0 Å². The molecule has 0 radical (unpaired) electrons. The first-order chi connectivity index (χ1) is 7.09. The first-order valence-electron chi connectivity index (χ1n) is 6.38. The van der Waals surface area contributed by atoms with Crippen molar-refractivity contribution in [1.82, 2.24) is 5.32 Å².